The zero-order valence-electron chi connectivity index (χ0n) is 7.77. The van der Waals surface area contributed by atoms with Gasteiger partial charge in [0.25, 0.3) is 0 Å². The Bertz CT molecular complexity index is 367. The topological polar surface area (TPSA) is 36.1 Å². The standard InChI is InChI=1S/C10H12N2OS/c13-7-12-5-1-2-9(12)8-3-4-10(14)11-6-8/h3-4,6-7,9H,1-2,5H2,(H,11,14)/t9-/m1/s1. The average Bonchev–Trinajstić information content (AvgIpc) is 2.67. The highest BCUT2D eigenvalue weighted by Gasteiger charge is 2.24. The molecule has 1 aromatic heterocycles. The maximum atomic E-state index is 10.8. The van der Waals surface area contributed by atoms with Crippen LogP contribution in [-0.4, -0.2) is 22.8 Å². The normalized spacial score (nSPS) is 21.1. The molecule has 0 unspecified atom stereocenters. The number of hydrogen-bond donors (Lipinski definition) is 1. The minimum atomic E-state index is 0.236. The van der Waals surface area contributed by atoms with Crippen molar-refractivity contribution in [2.24, 2.45) is 0 Å². The predicted molar refractivity (Wildman–Crippen MR) is 56.4 cm³/mol. The number of aromatic nitrogens is 1. The minimum absolute atomic E-state index is 0.236. The molecule has 1 fully saturated rings. The summed E-state index contributed by atoms with van der Waals surface area (Å²) >= 11 is 4.97. The fraction of sp³-hybridized carbons (Fsp3) is 0.400. The monoisotopic (exact) mass is 208 g/mol. The molecule has 1 aromatic rings. The molecular formula is C10H12N2OS. The van der Waals surface area contributed by atoms with Gasteiger partial charge in [0.2, 0.25) is 6.41 Å². The van der Waals surface area contributed by atoms with Gasteiger partial charge in [-0.1, -0.05) is 18.3 Å². The quantitative estimate of drug-likeness (QED) is 0.596. The summed E-state index contributed by atoms with van der Waals surface area (Å²) in [6.45, 7) is 0.865. The van der Waals surface area contributed by atoms with E-state index in [0.717, 1.165) is 36.0 Å². The highest BCUT2D eigenvalue weighted by molar-refractivity contribution is 7.71. The number of H-pyrrole nitrogens is 1. The summed E-state index contributed by atoms with van der Waals surface area (Å²) < 4.78 is 0.726. The number of aromatic amines is 1. The molecule has 1 atom stereocenters. The molecule has 0 aromatic carbocycles. The molecular weight excluding hydrogens is 196 g/mol. The fourth-order valence-corrected chi connectivity index (χ4v) is 2.03. The molecule has 1 N–H and O–H groups in total. The van der Waals surface area contributed by atoms with Gasteiger partial charge in [0.1, 0.15) is 4.64 Å². The van der Waals surface area contributed by atoms with E-state index in [1.54, 1.807) is 0 Å². The first-order valence-corrected chi connectivity index (χ1v) is 5.12. The van der Waals surface area contributed by atoms with Gasteiger partial charge in [0.15, 0.2) is 0 Å². The average molecular weight is 208 g/mol. The predicted octanol–water partition coefficient (Wildman–Crippen LogP) is 2.04. The summed E-state index contributed by atoms with van der Waals surface area (Å²) in [7, 11) is 0. The number of carbonyl (C=O) groups is 1. The van der Waals surface area contributed by atoms with E-state index in [-0.39, 0.29) is 6.04 Å². The number of carbonyl (C=O) groups excluding carboxylic acids is 1. The Morgan fingerprint density at radius 3 is 3.07 bits per heavy atom. The van der Waals surface area contributed by atoms with Crippen LogP contribution in [0.3, 0.4) is 0 Å². The molecule has 0 bridgehead atoms. The molecule has 0 radical (unpaired) electrons. The van der Waals surface area contributed by atoms with Gasteiger partial charge in [-0.05, 0) is 24.5 Å². The summed E-state index contributed by atoms with van der Waals surface area (Å²) in [5.41, 5.74) is 1.14. The van der Waals surface area contributed by atoms with Crippen LogP contribution in [0.4, 0.5) is 0 Å². The zero-order valence-corrected chi connectivity index (χ0v) is 8.59. The number of nitrogens with zero attached hydrogens (tertiary/aromatic N) is 1. The molecule has 0 aliphatic carbocycles. The third-order valence-electron chi connectivity index (χ3n) is 2.62. The Hall–Kier alpha value is -1.16. The van der Waals surface area contributed by atoms with Gasteiger partial charge in [0, 0.05) is 12.7 Å². The lowest BCUT2D eigenvalue weighted by molar-refractivity contribution is -0.118. The minimum Gasteiger partial charge on any atom is -0.353 e. The Morgan fingerprint density at radius 1 is 1.57 bits per heavy atom. The second kappa shape index (κ2) is 3.92. The summed E-state index contributed by atoms with van der Waals surface area (Å²) in [5.74, 6) is 0. The summed E-state index contributed by atoms with van der Waals surface area (Å²) in [6.07, 6.45) is 4.95. The highest BCUT2D eigenvalue weighted by Crippen LogP contribution is 2.29. The first kappa shape index (κ1) is 9.40. The lowest BCUT2D eigenvalue weighted by atomic mass is 10.1. The number of rotatable bonds is 2. The van der Waals surface area contributed by atoms with Gasteiger partial charge >= 0.3 is 0 Å². The zero-order chi connectivity index (χ0) is 9.97. The Balaban J connectivity index is 2.25. The number of pyridine rings is 1. The molecule has 1 amide bonds. The van der Waals surface area contributed by atoms with Crippen molar-refractivity contribution >= 4 is 18.6 Å². The molecule has 1 aliphatic rings. The van der Waals surface area contributed by atoms with Crippen LogP contribution < -0.4 is 0 Å². The third-order valence-corrected chi connectivity index (χ3v) is 2.88. The smallest absolute Gasteiger partial charge is 0.210 e. The van der Waals surface area contributed by atoms with Crippen molar-refractivity contribution in [1.29, 1.82) is 0 Å². The van der Waals surface area contributed by atoms with E-state index in [4.69, 9.17) is 12.2 Å². The fourth-order valence-electron chi connectivity index (χ4n) is 1.90. The number of hydrogen-bond acceptors (Lipinski definition) is 2. The molecule has 2 heterocycles. The van der Waals surface area contributed by atoms with Crippen molar-refractivity contribution < 1.29 is 4.79 Å². The molecule has 1 aliphatic heterocycles. The molecule has 74 valence electrons. The van der Waals surface area contributed by atoms with Gasteiger partial charge in [-0.3, -0.25) is 4.79 Å². The third kappa shape index (κ3) is 1.70. The van der Waals surface area contributed by atoms with E-state index in [1.165, 1.54) is 0 Å². The van der Waals surface area contributed by atoms with E-state index in [1.807, 2.05) is 23.2 Å². The molecule has 2 rings (SSSR count). The van der Waals surface area contributed by atoms with E-state index in [0.29, 0.717) is 0 Å². The molecule has 0 saturated carbocycles. The van der Waals surface area contributed by atoms with Crippen LogP contribution in [0.1, 0.15) is 24.4 Å². The van der Waals surface area contributed by atoms with Crippen LogP contribution in [0.15, 0.2) is 18.3 Å². The molecule has 4 heteroatoms. The first-order valence-electron chi connectivity index (χ1n) is 4.71. The Morgan fingerprint density at radius 2 is 2.43 bits per heavy atom. The van der Waals surface area contributed by atoms with E-state index >= 15 is 0 Å². The van der Waals surface area contributed by atoms with Crippen molar-refractivity contribution in [1.82, 2.24) is 9.88 Å². The maximum Gasteiger partial charge on any atom is 0.210 e. The molecule has 3 nitrogen and oxygen atoms in total. The number of amides is 1. The van der Waals surface area contributed by atoms with Gasteiger partial charge < -0.3 is 9.88 Å². The lowest BCUT2D eigenvalue weighted by Gasteiger charge is -2.19. The molecule has 1 saturated heterocycles. The van der Waals surface area contributed by atoms with E-state index in [9.17, 15) is 4.79 Å². The van der Waals surface area contributed by atoms with E-state index in [2.05, 4.69) is 4.98 Å². The SMILES string of the molecule is O=CN1CCC[C@@H]1c1ccc(=S)[nH]c1. The van der Waals surface area contributed by atoms with Crippen molar-refractivity contribution in [3.63, 3.8) is 0 Å². The lowest BCUT2D eigenvalue weighted by Crippen LogP contribution is -2.21. The van der Waals surface area contributed by atoms with Crippen LogP contribution >= 0.6 is 12.2 Å². The van der Waals surface area contributed by atoms with Crippen LogP contribution in [0, 0.1) is 4.64 Å². The maximum absolute atomic E-state index is 10.8. The highest BCUT2D eigenvalue weighted by atomic mass is 32.1. The van der Waals surface area contributed by atoms with Crippen molar-refractivity contribution in [2.75, 3.05) is 6.54 Å². The van der Waals surface area contributed by atoms with Crippen molar-refractivity contribution in [3.8, 4) is 0 Å². The van der Waals surface area contributed by atoms with Gasteiger partial charge in [0.05, 0.1) is 6.04 Å². The number of nitrogens with one attached hydrogen (secondary N) is 1. The van der Waals surface area contributed by atoms with Gasteiger partial charge in [-0.2, -0.15) is 0 Å². The number of likely N-dealkylation sites (tertiary alicyclic amines) is 1. The largest absolute Gasteiger partial charge is 0.353 e. The van der Waals surface area contributed by atoms with Crippen molar-refractivity contribution in [3.05, 3.63) is 28.5 Å². The Labute approximate surface area is 87.8 Å². The van der Waals surface area contributed by atoms with Gasteiger partial charge in [-0.15, -0.1) is 0 Å². The van der Waals surface area contributed by atoms with Crippen molar-refractivity contribution in [2.45, 2.75) is 18.9 Å². The Kier molecular flexibility index (Phi) is 2.63. The van der Waals surface area contributed by atoms with Crippen LogP contribution in [0.5, 0.6) is 0 Å². The second-order valence-corrected chi connectivity index (χ2v) is 3.93. The molecule has 14 heavy (non-hydrogen) atoms. The summed E-state index contributed by atoms with van der Waals surface area (Å²) in [5, 5.41) is 0. The van der Waals surface area contributed by atoms with Crippen LogP contribution in [-0.2, 0) is 4.79 Å². The second-order valence-electron chi connectivity index (χ2n) is 3.49. The summed E-state index contributed by atoms with van der Waals surface area (Å²) in [6, 6.07) is 4.09. The van der Waals surface area contributed by atoms with Crippen LogP contribution in [0.2, 0.25) is 0 Å². The summed E-state index contributed by atoms with van der Waals surface area (Å²) in [4.78, 5) is 15.6. The molecule has 0 spiro atoms. The van der Waals surface area contributed by atoms with Gasteiger partial charge in [-0.25, -0.2) is 0 Å². The van der Waals surface area contributed by atoms with Crippen LogP contribution in [0.25, 0.3) is 0 Å². The van der Waals surface area contributed by atoms with E-state index < -0.39 is 0 Å². The first-order chi connectivity index (χ1) is 6.81.